The molecule has 1 aromatic carbocycles. The number of phenolic OH excluding ortho intramolecular Hbond substituents is 2. The molecule has 1 aliphatic heterocycles. The summed E-state index contributed by atoms with van der Waals surface area (Å²) in [5, 5.41) is 20.2. The van der Waals surface area contributed by atoms with Crippen LogP contribution in [0.15, 0.2) is 46.8 Å². The van der Waals surface area contributed by atoms with Gasteiger partial charge in [0, 0.05) is 23.5 Å². The van der Waals surface area contributed by atoms with Crippen LogP contribution in [0.1, 0.15) is 74.1 Å². The molecule has 2 aliphatic carbocycles. The maximum Gasteiger partial charge on any atom is 0.232 e. The van der Waals surface area contributed by atoms with Crippen LogP contribution < -0.4 is 0 Å². The van der Waals surface area contributed by atoms with E-state index < -0.39 is 17.1 Å². The van der Waals surface area contributed by atoms with Gasteiger partial charge in [-0.3, -0.25) is 9.59 Å². The molecule has 0 spiro atoms. The molecule has 5 heteroatoms. The number of phenols is 2. The van der Waals surface area contributed by atoms with E-state index in [9.17, 15) is 19.8 Å². The van der Waals surface area contributed by atoms with Gasteiger partial charge >= 0.3 is 0 Å². The van der Waals surface area contributed by atoms with Crippen molar-refractivity contribution in [2.45, 2.75) is 59.0 Å². The highest BCUT2D eigenvalue weighted by atomic mass is 16.5. The van der Waals surface area contributed by atoms with Gasteiger partial charge in [0.25, 0.3) is 0 Å². The summed E-state index contributed by atoms with van der Waals surface area (Å²) in [5.74, 6) is -1.56. The molecule has 4 rings (SSSR count). The minimum atomic E-state index is -0.591. The highest BCUT2D eigenvalue weighted by Crippen LogP contribution is 2.52. The number of benzene rings is 1. The summed E-state index contributed by atoms with van der Waals surface area (Å²) in [7, 11) is 0. The molecule has 0 saturated carbocycles. The molecule has 5 nitrogen and oxygen atoms in total. The van der Waals surface area contributed by atoms with Crippen LogP contribution in [0.25, 0.3) is 0 Å². The van der Waals surface area contributed by atoms with Crippen molar-refractivity contribution in [2.75, 3.05) is 0 Å². The van der Waals surface area contributed by atoms with Crippen molar-refractivity contribution in [1.82, 2.24) is 0 Å². The Labute approximate surface area is 176 Å². The fraction of sp³-hybridized carbons (Fsp3) is 0.440. The molecule has 3 unspecified atom stereocenters. The molecule has 0 aromatic heterocycles. The average molecular weight is 408 g/mol. The first-order valence-corrected chi connectivity index (χ1v) is 10.5. The summed E-state index contributed by atoms with van der Waals surface area (Å²) in [5.41, 5.74) is 2.16. The number of ether oxygens (including phenoxy) is 1. The molecule has 30 heavy (non-hydrogen) atoms. The van der Waals surface area contributed by atoms with Crippen LogP contribution in [0, 0.1) is 11.8 Å². The number of allylic oxidation sites excluding steroid dienone is 6. The molecule has 0 fully saturated rings. The zero-order chi connectivity index (χ0) is 21.8. The molecule has 2 N–H and O–H groups in total. The molecule has 0 saturated heterocycles. The predicted molar refractivity (Wildman–Crippen MR) is 114 cm³/mol. The van der Waals surface area contributed by atoms with Gasteiger partial charge in [-0.05, 0) is 59.4 Å². The Morgan fingerprint density at radius 1 is 1.23 bits per heavy atom. The van der Waals surface area contributed by atoms with Crippen LogP contribution >= 0.6 is 0 Å². The van der Waals surface area contributed by atoms with Gasteiger partial charge in [-0.1, -0.05) is 23.3 Å². The van der Waals surface area contributed by atoms with Crippen molar-refractivity contribution in [3.63, 3.8) is 0 Å². The highest BCUT2D eigenvalue weighted by Gasteiger charge is 2.52. The summed E-state index contributed by atoms with van der Waals surface area (Å²) in [6.07, 6.45) is 7.64. The number of carbonyl (C=O) groups excluding carboxylic acids is 2. The first-order valence-electron chi connectivity index (χ1n) is 10.5. The van der Waals surface area contributed by atoms with Gasteiger partial charge in [-0.15, -0.1) is 0 Å². The molecule has 158 valence electrons. The van der Waals surface area contributed by atoms with E-state index >= 15 is 0 Å². The van der Waals surface area contributed by atoms with Crippen molar-refractivity contribution in [3.8, 4) is 11.5 Å². The lowest BCUT2D eigenvalue weighted by atomic mass is 9.63. The minimum Gasteiger partial charge on any atom is -0.508 e. The zero-order valence-corrected chi connectivity index (χ0v) is 17.9. The summed E-state index contributed by atoms with van der Waals surface area (Å²) >= 11 is 0. The second-order valence-corrected chi connectivity index (χ2v) is 9.21. The average Bonchev–Trinajstić information content (AvgIpc) is 2.65. The first-order chi connectivity index (χ1) is 14.1. The maximum absolute atomic E-state index is 13.4. The molecular formula is C25H28O5. The zero-order valence-electron chi connectivity index (χ0n) is 17.9. The monoisotopic (exact) mass is 408 g/mol. The van der Waals surface area contributed by atoms with Crippen LogP contribution in [-0.2, 0) is 4.74 Å². The van der Waals surface area contributed by atoms with E-state index in [4.69, 9.17) is 4.74 Å². The van der Waals surface area contributed by atoms with Crippen LogP contribution in [0.3, 0.4) is 0 Å². The standard InChI is InChI=1S/C25H28O5/c1-13(2)6-5-9-25(4)18-8-7-14(3)10-16(18)21-22(28)17-11-15(26)12-19(27)20(17)23(29)24(21)30-25/h6,10-12,16,18,26-27H,5,7-9H2,1-4H3. The van der Waals surface area contributed by atoms with E-state index in [2.05, 4.69) is 26.0 Å². The van der Waals surface area contributed by atoms with Crippen molar-refractivity contribution in [1.29, 1.82) is 0 Å². The second-order valence-electron chi connectivity index (χ2n) is 9.21. The quantitative estimate of drug-likeness (QED) is 0.668. The first kappa shape index (κ1) is 20.5. The van der Waals surface area contributed by atoms with Crippen molar-refractivity contribution in [3.05, 3.63) is 57.9 Å². The van der Waals surface area contributed by atoms with Gasteiger partial charge in [0.15, 0.2) is 11.5 Å². The number of carbonyl (C=O) groups is 2. The van der Waals surface area contributed by atoms with E-state index in [1.165, 1.54) is 17.2 Å². The van der Waals surface area contributed by atoms with Gasteiger partial charge in [-0.25, -0.2) is 0 Å². The lowest BCUT2D eigenvalue weighted by molar-refractivity contribution is -0.0682. The largest absolute Gasteiger partial charge is 0.508 e. The van der Waals surface area contributed by atoms with E-state index in [1.54, 1.807) is 0 Å². The van der Waals surface area contributed by atoms with Gasteiger partial charge in [0.1, 0.15) is 17.1 Å². The molecule has 0 bridgehead atoms. The molecule has 3 atom stereocenters. The van der Waals surface area contributed by atoms with Crippen molar-refractivity contribution < 1.29 is 24.5 Å². The Balaban J connectivity index is 1.85. The summed E-state index contributed by atoms with van der Waals surface area (Å²) in [4.78, 5) is 26.8. The Kier molecular flexibility index (Phi) is 4.88. The Morgan fingerprint density at radius 3 is 2.67 bits per heavy atom. The number of Topliss-reactive ketones (excluding diaryl/α,β-unsaturated/α-hetero) is 2. The van der Waals surface area contributed by atoms with Gasteiger partial charge < -0.3 is 14.9 Å². The number of rotatable bonds is 3. The van der Waals surface area contributed by atoms with Crippen molar-refractivity contribution >= 4 is 11.6 Å². The molecule has 0 amide bonds. The van der Waals surface area contributed by atoms with Crippen LogP contribution in [-0.4, -0.2) is 27.4 Å². The number of aromatic hydroxyl groups is 2. The lowest BCUT2D eigenvalue weighted by Gasteiger charge is -2.49. The fourth-order valence-corrected chi connectivity index (χ4v) is 5.15. The Hall–Kier alpha value is -2.82. The third-order valence-corrected chi connectivity index (χ3v) is 6.66. The van der Waals surface area contributed by atoms with Crippen LogP contribution in [0.5, 0.6) is 11.5 Å². The predicted octanol–water partition coefficient (Wildman–Crippen LogP) is 5.24. The highest BCUT2D eigenvalue weighted by molar-refractivity contribution is 6.27. The topological polar surface area (TPSA) is 83.8 Å². The van der Waals surface area contributed by atoms with Crippen molar-refractivity contribution in [2.24, 2.45) is 11.8 Å². The lowest BCUT2D eigenvalue weighted by Crippen LogP contribution is -2.50. The SMILES string of the molecule is CC(C)=CCCC1(C)OC2=C(C(=O)c3cc(O)cc(O)c3C2=O)C2C=C(C)CCC21. The summed E-state index contributed by atoms with van der Waals surface area (Å²) in [6, 6.07) is 2.34. The number of fused-ring (bicyclic) bond motifs is 3. The maximum atomic E-state index is 13.4. The number of hydrogen-bond acceptors (Lipinski definition) is 5. The van der Waals surface area contributed by atoms with Gasteiger partial charge in [0.05, 0.1) is 11.1 Å². The van der Waals surface area contributed by atoms with E-state index in [1.807, 2.05) is 13.8 Å². The van der Waals surface area contributed by atoms with E-state index in [0.717, 1.165) is 31.7 Å². The van der Waals surface area contributed by atoms with Crippen LogP contribution in [0.2, 0.25) is 0 Å². The molecule has 1 aromatic rings. The smallest absolute Gasteiger partial charge is 0.232 e. The molecular weight excluding hydrogens is 380 g/mol. The van der Waals surface area contributed by atoms with E-state index in [0.29, 0.717) is 5.57 Å². The normalized spacial score (nSPS) is 27.5. The molecule has 0 radical (unpaired) electrons. The third-order valence-electron chi connectivity index (χ3n) is 6.66. The fourth-order valence-electron chi connectivity index (χ4n) is 5.15. The Bertz CT molecular complexity index is 1040. The Morgan fingerprint density at radius 2 is 1.97 bits per heavy atom. The third kappa shape index (κ3) is 3.17. The van der Waals surface area contributed by atoms with Gasteiger partial charge in [-0.2, -0.15) is 0 Å². The molecule has 3 aliphatic rings. The summed E-state index contributed by atoms with van der Waals surface area (Å²) < 4.78 is 6.37. The van der Waals surface area contributed by atoms with Crippen LogP contribution in [0.4, 0.5) is 0 Å². The minimum absolute atomic E-state index is 0.0448. The van der Waals surface area contributed by atoms with Gasteiger partial charge in [0.2, 0.25) is 5.78 Å². The van der Waals surface area contributed by atoms with E-state index in [-0.39, 0.29) is 40.3 Å². The number of hydrogen-bond donors (Lipinski definition) is 2. The number of ketones is 2. The second kappa shape index (κ2) is 7.15. The molecule has 1 heterocycles. The summed E-state index contributed by atoms with van der Waals surface area (Å²) in [6.45, 7) is 8.19.